The fraction of sp³-hybridized carbons (Fsp3) is 0.0769. The van der Waals surface area contributed by atoms with Gasteiger partial charge in [-0.15, -0.1) is 0 Å². The van der Waals surface area contributed by atoms with Crippen molar-refractivity contribution in [3.63, 3.8) is 0 Å². The van der Waals surface area contributed by atoms with Crippen molar-refractivity contribution in [1.29, 1.82) is 0 Å². The van der Waals surface area contributed by atoms with Gasteiger partial charge in [0.1, 0.15) is 11.6 Å². The number of aryl methyl sites for hydroxylation is 1. The number of nitro groups is 1. The van der Waals surface area contributed by atoms with Crippen molar-refractivity contribution >= 4 is 17.1 Å². The van der Waals surface area contributed by atoms with Gasteiger partial charge in [0.05, 0.1) is 11.0 Å². The highest BCUT2D eigenvalue weighted by molar-refractivity contribution is 5.62. The van der Waals surface area contributed by atoms with Crippen LogP contribution in [-0.2, 0) is 0 Å². The van der Waals surface area contributed by atoms with Gasteiger partial charge in [-0.05, 0) is 30.7 Å². The standard InChI is InChI=1S/C13H10F2N2O2/c1-8-2-3-10(7-13(8)15)16-11-4-9(14)5-12(6-11)17(18)19/h2-7,16H,1H3. The second kappa shape index (κ2) is 5.01. The first-order valence-electron chi connectivity index (χ1n) is 5.44. The summed E-state index contributed by atoms with van der Waals surface area (Å²) in [6.45, 7) is 1.62. The molecule has 1 N–H and O–H groups in total. The van der Waals surface area contributed by atoms with Crippen molar-refractivity contribution in [3.05, 3.63) is 63.7 Å². The van der Waals surface area contributed by atoms with E-state index in [9.17, 15) is 18.9 Å². The van der Waals surface area contributed by atoms with Gasteiger partial charge >= 0.3 is 0 Å². The predicted octanol–water partition coefficient (Wildman–Crippen LogP) is 3.93. The second-order valence-electron chi connectivity index (χ2n) is 4.04. The molecule has 6 heteroatoms. The van der Waals surface area contributed by atoms with Crippen LogP contribution in [0.25, 0.3) is 0 Å². The second-order valence-corrected chi connectivity index (χ2v) is 4.04. The fourth-order valence-electron chi connectivity index (χ4n) is 1.59. The number of nitrogens with zero attached hydrogens (tertiary/aromatic N) is 1. The van der Waals surface area contributed by atoms with Crippen molar-refractivity contribution in [2.45, 2.75) is 6.92 Å². The number of benzene rings is 2. The minimum absolute atomic E-state index is 0.190. The smallest absolute Gasteiger partial charge is 0.274 e. The molecule has 0 amide bonds. The first kappa shape index (κ1) is 12.9. The lowest BCUT2D eigenvalue weighted by atomic mass is 10.2. The van der Waals surface area contributed by atoms with Gasteiger partial charge in [-0.2, -0.15) is 0 Å². The minimum atomic E-state index is -0.732. The van der Waals surface area contributed by atoms with Gasteiger partial charge in [-0.3, -0.25) is 10.1 Å². The van der Waals surface area contributed by atoms with Crippen molar-refractivity contribution in [2.24, 2.45) is 0 Å². The normalized spacial score (nSPS) is 10.3. The molecular weight excluding hydrogens is 254 g/mol. The molecular formula is C13H10F2N2O2. The first-order chi connectivity index (χ1) is 8.95. The summed E-state index contributed by atoms with van der Waals surface area (Å²) in [5.74, 6) is -1.14. The molecule has 0 aliphatic heterocycles. The lowest BCUT2D eigenvalue weighted by molar-refractivity contribution is -0.385. The molecule has 0 radical (unpaired) electrons. The Bertz CT molecular complexity index is 645. The highest BCUT2D eigenvalue weighted by Crippen LogP contribution is 2.24. The van der Waals surface area contributed by atoms with E-state index in [-0.39, 0.29) is 11.4 Å². The molecule has 0 saturated carbocycles. The molecule has 19 heavy (non-hydrogen) atoms. The van der Waals surface area contributed by atoms with E-state index in [1.54, 1.807) is 19.1 Å². The van der Waals surface area contributed by atoms with Crippen LogP contribution >= 0.6 is 0 Å². The quantitative estimate of drug-likeness (QED) is 0.675. The van der Waals surface area contributed by atoms with E-state index in [4.69, 9.17) is 0 Å². The lowest BCUT2D eigenvalue weighted by Gasteiger charge is -2.07. The summed E-state index contributed by atoms with van der Waals surface area (Å²) in [4.78, 5) is 9.92. The molecule has 2 rings (SSSR count). The Kier molecular flexibility index (Phi) is 3.41. The van der Waals surface area contributed by atoms with Crippen LogP contribution in [0, 0.1) is 28.7 Å². The van der Waals surface area contributed by atoms with Crippen molar-refractivity contribution in [3.8, 4) is 0 Å². The van der Waals surface area contributed by atoms with E-state index in [1.807, 2.05) is 0 Å². The van der Waals surface area contributed by atoms with Crippen LogP contribution in [0.5, 0.6) is 0 Å². The molecule has 0 bridgehead atoms. The predicted molar refractivity (Wildman–Crippen MR) is 67.5 cm³/mol. The number of nitrogens with one attached hydrogen (secondary N) is 1. The SMILES string of the molecule is Cc1ccc(Nc2cc(F)cc([N+](=O)[O-])c2)cc1F. The largest absolute Gasteiger partial charge is 0.355 e. The van der Waals surface area contributed by atoms with Crippen molar-refractivity contribution in [1.82, 2.24) is 0 Å². The van der Waals surface area contributed by atoms with Gasteiger partial charge < -0.3 is 5.32 Å². The summed E-state index contributed by atoms with van der Waals surface area (Å²) in [7, 11) is 0. The first-order valence-corrected chi connectivity index (χ1v) is 5.44. The zero-order valence-electron chi connectivity index (χ0n) is 9.98. The van der Waals surface area contributed by atoms with Crippen LogP contribution in [0.3, 0.4) is 0 Å². The average Bonchev–Trinajstić information content (AvgIpc) is 2.33. The van der Waals surface area contributed by atoms with Gasteiger partial charge in [0.15, 0.2) is 0 Å². The Morgan fingerprint density at radius 1 is 1.11 bits per heavy atom. The van der Waals surface area contributed by atoms with Crippen LogP contribution < -0.4 is 5.32 Å². The Morgan fingerprint density at radius 2 is 1.84 bits per heavy atom. The summed E-state index contributed by atoms with van der Waals surface area (Å²) < 4.78 is 26.6. The molecule has 0 atom stereocenters. The molecule has 0 aliphatic carbocycles. The Hall–Kier alpha value is -2.50. The van der Waals surface area contributed by atoms with E-state index < -0.39 is 16.6 Å². The highest BCUT2D eigenvalue weighted by Gasteiger charge is 2.10. The molecule has 0 spiro atoms. The number of halogens is 2. The minimum Gasteiger partial charge on any atom is -0.355 e. The summed E-state index contributed by atoms with van der Waals surface area (Å²) >= 11 is 0. The maximum Gasteiger partial charge on any atom is 0.274 e. The molecule has 4 nitrogen and oxygen atoms in total. The summed E-state index contributed by atoms with van der Waals surface area (Å²) in [6, 6.07) is 7.51. The van der Waals surface area contributed by atoms with Gasteiger partial charge in [-0.1, -0.05) is 6.07 Å². The molecule has 0 saturated heterocycles. The van der Waals surface area contributed by atoms with Crippen LogP contribution in [-0.4, -0.2) is 4.92 Å². The Labute approximate surface area is 107 Å². The molecule has 98 valence electrons. The third kappa shape index (κ3) is 3.04. The van der Waals surface area contributed by atoms with E-state index in [1.165, 1.54) is 12.1 Å². The summed E-state index contributed by atoms with van der Waals surface area (Å²) in [6.07, 6.45) is 0. The van der Waals surface area contributed by atoms with Crippen LogP contribution in [0.4, 0.5) is 25.8 Å². The molecule has 0 heterocycles. The average molecular weight is 264 g/mol. The van der Waals surface area contributed by atoms with E-state index in [2.05, 4.69) is 5.32 Å². The number of anilines is 2. The maximum atomic E-state index is 13.3. The zero-order chi connectivity index (χ0) is 14.0. The molecule has 0 aromatic heterocycles. The van der Waals surface area contributed by atoms with Crippen molar-refractivity contribution < 1.29 is 13.7 Å². The molecule has 2 aromatic rings. The van der Waals surface area contributed by atoms with Gasteiger partial charge in [0, 0.05) is 17.4 Å². The molecule has 0 unspecified atom stereocenters. The zero-order valence-corrected chi connectivity index (χ0v) is 9.98. The Balaban J connectivity index is 2.32. The van der Waals surface area contributed by atoms with Gasteiger partial charge in [0.25, 0.3) is 5.69 Å². The van der Waals surface area contributed by atoms with Crippen LogP contribution in [0.15, 0.2) is 36.4 Å². The molecule has 0 fully saturated rings. The topological polar surface area (TPSA) is 55.2 Å². The van der Waals surface area contributed by atoms with E-state index in [0.29, 0.717) is 11.3 Å². The Morgan fingerprint density at radius 3 is 2.47 bits per heavy atom. The summed E-state index contributed by atoms with van der Waals surface area (Å²) in [5.41, 5.74) is 0.698. The van der Waals surface area contributed by atoms with Gasteiger partial charge in [-0.25, -0.2) is 8.78 Å². The maximum absolute atomic E-state index is 13.3. The van der Waals surface area contributed by atoms with Crippen molar-refractivity contribution in [2.75, 3.05) is 5.32 Å². The number of hydrogen-bond donors (Lipinski definition) is 1. The van der Waals surface area contributed by atoms with Gasteiger partial charge in [0.2, 0.25) is 0 Å². The van der Waals surface area contributed by atoms with Crippen LogP contribution in [0.1, 0.15) is 5.56 Å². The lowest BCUT2D eigenvalue weighted by Crippen LogP contribution is -1.95. The van der Waals surface area contributed by atoms with E-state index in [0.717, 1.165) is 12.1 Å². The monoisotopic (exact) mass is 264 g/mol. The molecule has 2 aromatic carbocycles. The number of non-ortho nitro benzene ring substituents is 1. The van der Waals surface area contributed by atoms with E-state index >= 15 is 0 Å². The van der Waals surface area contributed by atoms with Crippen LogP contribution in [0.2, 0.25) is 0 Å². The highest BCUT2D eigenvalue weighted by atomic mass is 19.1. The third-order valence-electron chi connectivity index (χ3n) is 2.55. The molecule has 0 aliphatic rings. The number of rotatable bonds is 3. The third-order valence-corrected chi connectivity index (χ3v) is 2.55. The fourth-order valence-corrected chi connectivity index (χ4v) is 1.59. The number of hydrogen-bond acceptors (Lipinski definition) is 3. The summed E-state index contributed by atoms with van der Waals surface area (Å²) in [5, 5.41) is 13.3. The number of nitro benzene ring substituents is 1.